The van der Waals surface area contributed by atoms with E-state index in [-0.39, 0.29) is 12.3 Å². The Morgan fingerprint density at radius 2 is 1.93 bits per heavy atom. The van der Waals surface area contributed by atoms with Gasteiger partial charge < -0.3 is 9.72 Å². The summed E-state index contributed by atoms with van der Waals surface area (Å²) in [6.07, 6.45) is -0.130. The Balaban J connectivity index is 2.09. The zero-order valence-corrected chi connectivity index (χ0v) is 14.1. The van der Waals surface area contributed by atoms with E-state index in [2.05, 4.69) is 11.6 Å². The molecule has 2 aromatic carbocycles. The van der Waals surface area contributed by atoms with Crippen LogP contribution in [0.5, 0.6) is 5.75 Å². The van der Waals surface area contributed by atoms with Crippen LogP contribution in [0.3, 0.4) is 0 Å². The van der Waals surface area contributed by atoms with Crippen molar-refractivity contribution in [2.75, 3.05) is 6.61 Å². The second-order valence-electron chi connectivity index (χ2n) is 5.65. The largest absolute Gasteiger partial charge is 0.489 e. The third kappa shape index (κ3) is 4.25. The molecule has 7 heteroatoms. The topological polar surface area (TPSA) is 55.0 Å². The molecule has 4 nitrogen and oxygen atoms in total. The number of nitrogens with zero attached hydrogens (tertiary/aromatic N) is 1. The van der Waals surface area contributed by atoms with Crippen LogP contribution in [0.25, 0.3) is 22.9 Å². The van der Waals surface area contributed by atoms with Crippen LogP contribution in [-0.4, -0.2) is 16.6 Å². The SMILES string of the molecule is C=CCOc1ccc2ccccc2c1/C=C/c1cc(C(F)(F)F)[nH]c(=O)n1. The van der Waals surface area contributed by atoms with Gasteiger partial charge in [-0.1, -0.05) is 43.0 Å². The molecule has 0 bridgehead atoms. The number of H-pyrrole nitrogens is 1. The molecule has 3 rings (SSSR count). The predicted octanol–water partition coefficient (Wildman–Crippen LogP) is 4.68. The fourth-order valence-corrected chi connectivity index (χ4v) is 2.61. The van der Waals surface area contributed by atoms with Crippen molar-refractivity contribution in [2.45, 2.75) is 6.18 Å². The summed E-state index contributed by atoms with van der Waals surface area (Å²) in [7, 11) is 0. The molecule has 0 aliphatic heterocycles. The van der Waals surface area contributed by atoms with Crippen LogP contribution in [0.15, 0.2) is 59.9 Å². The van der Waals surface area contributed by atoms with Gasteiger partial charge in [0, 0.05) is 5.56 Å². The molecule has 1 heterocycles. The summed E-state index contributed by atoms with van der Waals surface area (Å²) in [6.45, 7) is 3.88. The minimum absolute atomic E-state index is 0.103. The molecule has 0 saturated heterocycles. The highest BCUT2D eigenvalue weighted by molar-refractivity contribution is 5.95. The number of nitrogens with one attached hydrogen (secondary N) is 1. The van der Waals surface area contributed by atoms with Crippen LogP contribution in [0, 0.1) is 0 Å². The van der Waals surface area contributed by atoms with Crippen molar-refractivity contribution < 1.29 is 17.9 Å². The highest BCUT2D eigenvalue weighted by Crippen LogP contribution is 2.31. The Morgan fingerprint density at radius 3 is 2.67 bits per heavy atom. The fourth-order valence-electron chi connectivity index (χ4n) is 2.61. The van der Waals surface area contributed by atoms with Crippen molar-refractivity contribution in [3.63, 3.8) is 0 Å². The second-order valence-corrected chi connectivity index (χ2v) is 5.65. The smallest absolute Gasteiger partial charge is 0.431 e. The summed E-state index contributed by atoms with van der Waals surface area (Å²) in [6, 6.07) is 12.0. The Kier molecular flexibility index (Phi) is 5.12. The first-order valence-electron chi connectivity index (χ1n) is 8.00. The molecule has 0 amide bonds. The lowest BCUT2D eigenvalue weighted by atomic mass is 10.0. The molecule has 0 saturated carbocycles. The Labute approximate surface area is 152 Å². The van der Waals surface area contributed by atoms with Crippen LogP contribution in [0.2, 0.25) is 0 Å². The predicted molar refractivity (Wildman–Crippen MR) is 98.4 cm³/mol. The molecule has 0 atom stereocenters. The molecule has 3 aromatic rings. The number of aromatic nitrogens is 2. The number of aromatic amines is 1. The molecular formula is C20H15F3N2O2. The van der Waals surface area contributed by atoms with Crippen molar-refractivity contribution in [3.05, 3.63) is 82.6 Å². The molecule has 138 valence electrons. The number of fused-ring (bicyclic) bond motifs is 1. The summed E-state index contributed by atoms with van der Waals surface area (Å²) >= 11 is 0. The third-order valence-electron chi connectivity index (χ3n) is 3.78. The molecular weight excluding hydrogens is 357 g/mol. The third-order valence-corrected chi connectivity index (χ3v) is 3.78. The Bertz CT molecular complexity index is 1070. The van der Waals surface area contributed by atoms with E-state index in [0.29, 0.717) is 11.3 Å². The van der Waals surface area contributed by atoms with E-state index in [1.807, 2.05) is 30.3 Å². The van der Waals surface area contributed by atoms with E-state index in [4.69, 9.17) is 4.74 Å². The molecule has 0 aliphatic carbocycles. The molecule has 1 N–H and O–H groups in total. The Hall–Kier alpha value is -3.35. The van der Waals surface area contributed by atoms with Gasteiger partial charge in [-0.2, -0.15) is 18.2 Å². The highest BCUT2D eigenvalue weighted by atomic mass is 19.4. The highest BCUT2D eigenvalue weighted by Gasteiger charge is 2.32. The lowest BCUT2D eigenvalue weighted by Gasteiger charge is -2.11. The fraction of sp³-hybridized carbons (Fsp3) is 0.100. The van der Waals surface area contributed by atoms with E-state index in [0.717, 1.165) is 16.8 Å². The van der Waals surface area contributed by atoms with Crippen LogP contribution < -0.4 is 10.4 Å². The molecule has 0 unspecified atom stereocenters. The van der Waals surface area contributed by atoms with Crippen LogP contribution in [0.4, 0.5) is 13.2 Å². The molecule has 0 radical (unpaired) electrons. The molecule has 1 aromatic heterocycles. The average Bonchev–Trinajstić information content (AvgIpc) is 2.63. The van der Waals surface area contributed by atoms with Gasteiger partial charge in [0.15, 0.2) is 0 Å². The molecule has 27 heavy (non-hydrogen) atoms. The van der Waals surface area contributed by atoms with Gasteiger partial charge in [0.05, 0.1) is 5.69 Å². The number of rotatable bonds is 5. The first-order valence-corrected chi connectivity index (χ1v) is 8.00. The summed E-state index contributed by atoms with van der Waals surface area (Å²) in [4.78, 5) is 16.7. The van der Waals surface area contributed by atoms with Crippen molar-refractivity contribution in [1.29, 1.82) is 0 Å². The second kappa shape index (κ2) is 7.49. The summed E-state index contributed by atoms with van der Waals surface area (Å²) in [5.74, 6) is 0.547. The van der Waals surface area contributed by atoms with E-state index in [9.17, 15) is 18.0 Å². The van der Waals surface area contributed by atoms with Gasteiger partial charge in [0.2, 0.25) is 0 Å². The van der Waals surface area contributed by atoms with Gasteiger partial charge in [-0.3, -0.25) is 0 Å². The van der Waals surface area contributed by atoms with E-state index >= 15 is 0 Å². The van der Waals surface area contributed by atoms with Gasteiger partial charge in [-0.15, -0.1) is 0 Å². The van der Waals surface area contributed by atoms with E-state index < -0.39 is 17.6 Å². The van der Waals surface area contributed by atoms with Crippen molar-refractivity contribution in [1.82, 2.24) is 9.97 Å². The van der Waals surface area contributed by atoms with E-state index in [1.54, 1.807) is 23.2 Å². The normalized spacial score (nSPS) is 11.8. The zero-order valence-electron chi connectivity index (χ0n) is 14.1. The minimum atomic E-state index is -4.66. The zero-order chi connectivity index (χ0) is 19.4. The van der Waals surface area contributed by atoms with E-state index in [1.165, 1.54) is 6.08 Å². The monoisotopic (exact) mass is 372 g/mol. The van der Waals surface area contributed by atoms with Crippen molar-refractivity contribution in [2.24, 2.45) is 0 Å². The summed E-state index contributed by atoms with van der Waals surface area (Å²) in [5.41, 5.74) is -1.65. The number of alkyl halides is 3. The first kappa shape index (κ1) is 18.4. The average molecular weight is 372 g/mol. The molecule has 0 aliphatic rings. The maximum atomic E-state index is 12.9. The first-order chi connectivity index (χ1) is 12.9. The summed E-state index contributed by atoms with van der Waals surface area (Å²) < 4.78 is 44.3. The number of benzene rings is 2. The van der Waals surface area contributed by atoms with Crippen LogP contribution in [0.1, 0.15) is 17.0 Å². The van der Waals surface area contributed by atoms with Gasteiger partial charge in [0.25, 0.3) is 0 Å². The Morgan fingerprint density at radius 1 is 1.15 bits per heavy atom. The number of halogens is 3. The maximum absolute atomic E-state index is 12.9. The molecule has 0 fully saturated rings. The number of ether oxygens (including phenoxy) is 1. The van der Waals surface area contributed by atoms with Crippen LogP contribution in [-0.2, 0) is 6.18 Å². The minimum Gasteiger partial charge on any atom is -0.489 e. The number of hydrogen-bond acceptors (Lipinski definition) is 3. The van der Waals surface area contributed by atoms with Gasteiger partial charge >= 0.3 is 11.9 Å². The van der Waals surface area contributed by atoms with Crippen molar-refractivity contribution in [3.8, 4) is 5.75 Å². The van der Waals surface area contributed by atoms with Crippen molar-refractivity contribution >= 4 is 22.9 Å². The van der Waals surface area contributed by atoms with Gasteiger partial charge in [-0.25, -0.2) is 4.79 Å². The van der Waals surface area contributed by atoms with Gasteiger partial charge in [-0.05, 0) is 35.1 Å². The quantitative estimate of drug-likeness (QED) is 0.662. The van der Waals surface area contributed by atoms with Gasteiger partial charge in [0.1, 0.15) is 18.1 Å². The maximum Gasteiger partial charge on any atom is 0.431 e. The lowest BCUT2D eigenvalue weighted by Crippen LogP contribution is -2.19. The standard InChI is InChI=1S/C20H15F3N2O2/c1-2-11-27-17-10-7-13-5-3-4-6-15(13)16(17)9-8-14-12-18(20(21,22)23)25-19(26)24-14/h2-10,12H,1,11H2,(H,24,25,26)/b9-8+. The lowest BCUT2D eigenvalue weighted by molar-refractivity contribution is -0.141. The number of hydrogen-bond donors (Lipinski definition) is 1. The molecule has 0 spiro atoms. The van der Waals surface area contributed by atoms with Crippen LogP contribution >= 0.6 is 0 Å². The summed E-state index contributed by atoms with van der Waals surface area (Å²) in [5, 5.41) is 1.80.